The monoisotopic (exact) mass is 802 g/mol. The SMILES string of the molecule is Cc1ccc(-c2c3nc(c(-c4ccc(S(=O)(=O)O)cc4)c4ccc([nH]4)c(-c4ccc(S(=O)(=O)O)cc4)c4nc(c(-c5ccc(C)cc5)c5ccc2[nH]5)C=C4)C=C3)cc1. The minimum Gasteiger partial charge on any atom is -0.354 e. The average molecular weight is 803 g/mol. The van der Waals surface area contributed by atoms with Gasteiger partial charge < -0.3 is 9.97 Å². The molecule has 2 aliphatic heterocycles. The van der Waals surface area contributed by atoms with E-state index in [0.717, 1.165) is 44.4 Å². The lowest BCUT2D eigenvalue weighted by Gasteiger charge is -2.08. The molecule has 3 aromatic heterocycles. The normalized spacial score (nSPS) is 12.6. The maximum Gasteiger partial charge on any atom is 0.294 e. The molecule has 4 aromatic carbocycles. The van der Waals surface area contributed by atoms with Gasteiger partial charge >= 0.3 is 0 Å². The Morgan fingerprint density at radius 2 is 0.621 bits per heavy atom. The van der Waals surface area contributed by atoms with Crippen LogP contribution in [0.4, 0.5) is 0 Å². The molecule has 0 saturated heterocycles. The van der Waals surface area contributed by atoms with Gasteiger partial charge in [-0.1, -0.05) is 83.9 Å². The summed E-state index contributed by atoms with van der Waals surface area (Å²) in [7, 11) is -8.89. The van der Waals surface area contributed by atoms with E-state index in [1.165, 1.54) is 24.3 Å². The van der Waals surface area contributed by atoms with E-state index < -0.39 is 20.2 Å². The van der Waals surface area contributed by atoms with Crippen molar-refractivity contribution in [3.63, 3.8) is 0 Å². The number of aryl methyl sites for hydroxylation is 2. The van der Waals surface area contributed by atoms with Crippen LogP contribution in [0.3, 0.4) is 0 Å². The smallest absolute Gasteiger partial charge is 0.294 e. The zero-order valence-corrected chi connectivity index (χ0v) is 32.7. The van der Waals surface area contributed by atoms with Crippen molar-refractivity contribution >= 4 is 66.6 Å². The van der Waals surface area contributed by atoms with Crippen LogP contribution in [0.5, 0.6) is 0 Å². The molecule has 10 nitrogen and oxygen atoms in total. The zero-order chi connectivity index (χ0) is 40.3. The van der Waals surface area contributed by atoms with Crippen LogP contribution in [0.2, 0.25) is 0 Å². The number of aromatic amines is 2. The van der Waals surface area contributed by atoms with Crippen molar-refractivity contribution in [1.29, 1.82) is 0 Å². The maximum absolute atomic E-state index is 12.0. The van der Waals surface area contributed by atoms with E-state index >= 15 is 0 Å². The average Bonchev–Trinajstić information content (AvgIpc) is 4.04. The van der Waals surface area contributed by atoms with Gasteiger partial charge in [-0.15, -0.1) is 0 Å². The molecular weight excluding hydrogens is 769 g/mol. The number of hydrogen-bond donors (Lipinski definition) is 4. The second-order valence-corrected chi connectivity index (χ2v) is 17.1. The van der Waals surface area contributed by atoms with E-state index in [2.05, 4.69) is 58.5 Å². The Bertz CT molecular complexity index is 3040. The summed E-state index contributed by atoms with van der Waals surface area (Å²) in [5, 5.41) is 0. The third kappa shape index (κ3) is 6.88. The number of aromatic nitrogens is 4. The Morgan fingerprint density at radius 3 is 0.862 bits per heavy atom. The summed E-state index contributed by atoms with van der Waals surface area (Å²) in [6.45, 7) is 4.08. The molecule has 0 amide bonds. The van der Waals surface area contributed by atoms with Gasteiger partial charge in [0.15, 0.2) is 0 Å². The molecule has 7 aromatic rings. The molecule has 12 heteroatoms. The molecule has 0 unspecified atom stereocenters. The highest BCUT2D eigenvalue weighted by atomic mass is 32.2. The highest BCUT2D eigenvalue weighted by Gasteiger charge is 2.20. The molecule has 0 saturated carbocycles. The van der Waals surface area contributed by atoms with Gasteiger partial charge in [0.05, 0.1) is 32.6 Å². The van der Waals surface area contributed by atoms with Crippen LogP contribution in [-0.4, -0.2) is 45.9 Å². The number of fused-ring (bicyclic) bond motifs is 8. The molecule has 8 bridgehead atoms. The van der Waals surface area contributed by atoms with Crippen molar-refractivity contribution in [3.8, 4) is 44.5 Å². The maximum atomic E-state index is 12.0. The van der Waals surface area contributed by atoms with Gasteiger partial charge in [0.2, 0.25) is 0 Å². The number of nitrogens with zero attached hydrogens (tertiary/aromatic N) is 2. The summed E-state index contributed by atoms with van der Waals surface area (Å²) < 4.78 is 67.6. The van der Waals surface area contributed by atoms with E-state index in [1.54, 1.807) is 24.3 Å². The van der Waals surface area contributed by atoms with Crippen LogP contribution >= 0.6 is 0 Å². The largest absolute Gasteiger partial charge is 0.354 e. The number of rotatable bonds is 6. The van der Waals surface area contributed by atoms with Gasteiger partial charge in [-0.3, -0.25) is 9.11 Å². The van der Waals surface area contributed by atoms with Crippen LogP contribution in [0.1, 0.15) is 33.9 Å². The van der Waals surface area contributed by atoms with E-state index in [-0.39, 0.29) is 9.79 Å². The van der Waals surface area contributed by atoms with Crippen molar-refractivity contribution < 1.29 is 25.9 Å². The molecule has 9 rings (SSSR count). The molecule has 0 fully saturated rings. The van der Waals surface area contributed by atoms with E-state index in [1.807, 2.05) is 62.4 Å². The highest BCUT2D eigenvalue weighted by molar-refractivity contribution is 7.86. The molecule has 58 heavy (non-hydrogen) atoms. The topological polar surface area (TPSA) is 166 Å². The van der Waals surface area contributed by atoms with E-state index in [9.17, 15) is 25.9 Å². The van der Waals surface area contributed by atoms with E-state index in [0.29, 0.717) is 56.1 Å². The van der Waals surface area contributed by atoms with Gasteiger partial charge in [0.1, 0.15) is 0 Å². The van der Waals surface area contributed by atoms with Gasteiger partial charge in [-0.05, 0) is 109 Å². The Hall–Kier alpha value is -6.70. The second-order valence-electron chi connectivity index (χ2n) is 14.2. The summed E-state index contributed by atoms with van der Waals surface area (Å²) in [5.74, 6) is 0. The summed E-state index contributed by atoms with van der Waals surface area (Å²) in [6.07, 6.45) is 7.77. The minimum atomic E-state index is -4.44. The van der Waals surface area contributed by atoms with Crippen molar-refractivity contribution in [2.75, 3.05) is 0 Å². The lowest BCUT2D eigenvalue weighted by Crippen LogP contribution is -1.97. The van der Waals surface area contributed by atoms with Crippen LogP contribution in [0.25, 0.3) is 90.9 Å². The third-order valence-corrected chi connectivity index (χ3v) is 12.1. The standard InChI is InChI=1S/C46H34N4O6S2/c1-27-3-7-29(8-4-27)43-35-19-20-36(47-35)44(30-9-5-28(2)6-10-30)38-22-24-40(49-38)46(32-13-17-34(18-14-32)58(54,55)56)42-26-25-41(50-42)45(39-23-21-37(43)48-39)31-11-15-33(16-12-31)57(51,52)53/h3-26,47,50H,1-2H3,(H,51,52,53)(H,54,55,56). The lowest BCUT2D eigenvalue weighted by atomic mass is 10.0. The molecule has 0 atom stereocenters. The van der Waals surface area contributed by atoms with E-state index in [4.69, 9.17) is 9.97 Å². The number of nitrogens with one attached hydrogen (secondary N) is 2. The van der Waals surface area contributed by atoms with Crippen molar-refractivity contribution in [2.45, 2.75) is 23.6 Å². The molecule has 0 spiro atoms. The molecule has 5 heterocycles. The fourth-order valence-corrected chi connectivity index (χ4v) is 8.41. The number of H-pyrrole nitrogens is 2. The first kappa shape index (κ1) is 36.9. The lowest BCUT2D eigenvalue weighted by molar-refractivity contribution is 0.481. The Labute approximate surface area is 334 Å². The number of benzene rings is 4. The second kappa shape index (κ2) is 14.0. The predicted octanol–water partition coefficient (Wildman–Crippen LogP) is 10.4. The first-order valence-corrected chi connectivity index (χ1v) is 21.1. The number of hydrogen-bond acceptors (Lipinski definition) is 6. The summed E-state index contributed by atoms with van der Waals surface area (Å²) >= 11 is 0. The third-order valence-electron chi connectivity index (χ3n) is 10.3. The summed E-state index contributed by atoms with van der Waals surface area (Å²) in [6, 6.07) is 36.3. The molecule has 2 aliphatic rings. The Morgan fingerprint density at radius 1 is 0.379 bits per heavy atom. The highest BCUT2D eigenvalue weighted by Crippen LogP contribution is 2.39. The fourth-order valence-electron chi connectivity index (χ4n) is 7.45. The Kier molecular flexibility index (Phi) is 8.94. The van der Waals surface area contributed by atoms with Crippen molar-refractivity contribution in [3.05, 3.63) is 155 Å². The summed E-state index contributed by atoms with van der Waals surface area (Å²) in [4.78, 5) is 17.3. The van der Waals surface area contributed by atoms with Crippen molar-refractivity contribution in [1.82, 2.24) is 19.9 Å². The van der Waals surface area contributed by atoms with Crippen molar-refractivity contribution in [2.24, 2.45) is 0 Å². The first-order valence-electron chi connectivity index (χ1n) is 18.3. The van der Waals surface area contributed by atoms with Crippen LogP contribution < -0.4 is 0 Å². The molecular formula is C46H34N4O6S2. The van der Waals surface area contributed by atoms with Gasteiger partial charge in [-0.2, -0.15) is 16.8 Å². The molecule has 0 aliphatic carbocycles. The minimum absolute atomic E-state index is 0.241. The molecule has 0 radical (unpaired) electrons. The van der Waals surface area contributed by atoms with Crippen LogP contribution in [0, 0.1) is 13.8 Å². The molecule has 4 N–H and O–H groups in total. The predicted molar refractivity (Wildman–Crippen MR) is 230 cm³/mol. The fraction of sp³-hybridized carbons (Fsp3) is 0.0435. The van der Waals surface area contributed by atoms with Gasteiger partial charge in [0, 0.05) is 44.3 Å². The first-order chi connectivity index (χ1) is 27.8. The van der Waals surface area contributed by atoms with Gasteiger partial charge in [-0.25, -0.2) is 9.97 Å². The van der Waals surface area contributed by atoms with Crippen LogP contribution in [0.15, 0.2) is 131 Å². The molecule has 286 valence electrons. The summed E-state index contributed by atoms with van der Waals surface area (Å²) in [5.41, 5.74) is 14.1. The van der Waals surface area contributed by atoms with Crippen LogP contribution in [-0.2, 0) is 20.2 Å². The zero-order valence-electron chi connectivity index (χ0n) is 31.1. The van der Waals surface area contributed by atoms with Gasteiger partial charge in [0.25, 0.3) is 20.2 Å². The Balaban J connectivity index is 1.44. The quantitative estimate of drug-likeness (QED) is 0.121.